The first kappa shape index (κ1) is 11.1. The van der Waals surface area contributed by atoms with Gasteiger partial charge in [0, 0.05) is 0 Å². The third-order valence-electron chi connectivity index (χ3n) is 2.67. The standard InChI is InChI=1S/C11H12O5/c1-11(15-13)9(10(12)14-16-11)7-8-5-3-2-4-6-8/h2-6,9,13H,7H2,1H3/t9-,11+/m0/s1. The van der Waals surface area contributed by atoms with E-state index in [0.29, 0.717) is 6.42 Å². The van der Waals surface area contributed by atoms with Crippen LogP contribution in [0.25, 0.3) is 0 Å². The summed E-state index contributed by atoms with van der Waals surface area (Å²) in [6.45, 7) is 1.45. The van der Waals surface area contributed by atoms with Crippen LogP contribution < -0.4 is 0 Å². The van der Waals surface area contributed by atoms with Gasteiger partial charge in [0.1, 0.15) is 5.92 Å². The lowest BCUT2D eigenvalue weighted by molar-refractivity contribution is -0.459. The van der Waals surface area contributed by atoms with Crippen LogP contribution in [0.2, 0.25) is 0 Å². The molecule has 2 rings (SSSR count). The molecule has 1 aromatic carbocycles. The second-order valence-electron chi connectivity index (χ2n) is 3.84. The highest BCUT2D eigenvalue weighted by Crippen LogP contribution is 2.33. The Hall–Kier alpha value is -1.43. The fraction of sp³-hybridized carbons (Fsp3) is 0.364. The number of benzene rings is 1. The molecule has 1 aliphatic rings. The Morgan fingerprint density at radius 3 is 2.75 bits per heavy atom. The van der Waals surface area contributed by atoms with Gasteiger partial charge in [-0.15, -0.1) is 4.89 Å². The van der Waals surface area contributed by atoms with E-state index in [2.05, 4.69) is 14.7 Å². The zero-order chi connectivity index (χ0) is 11.6. The zero-order valence-corrected chi connectivity index (χ0v) is 8.75. The Balaban J connectivity index is 2.17. The summed E-state index contributed by atoms with van der Waals surface area (Å²) in [5.41, 5.74) is 0.943. The summed E-state index contributed by atoms with van der Waals surface area (Å²) in [4.78, 5) is 24.7. The van der Waals surface area contributed by atoms with Gasteiger partial charge in [-0.1, -0.05) is 30.3 Å². The molecule has 1 aromatic rings. The Bertz CT molecular complexity index is 377. The van der Waals surface area contributed by atoms with E-state index in [1.165, 1.54) is 6.92 Å². The molecule has 5 nitrogen and oxygen atoms in total. The van der Waals surface area contributed by atoms with Gasteiger partial charge in [0.2, 0.25) is 0 Å². The molecule has 1 heterocycles. The minimum atomic E-state index is -1.44. The maximum absolute atomic E-state index is 11.4. The van der Waals surface area contributed by atoms with E-state index in [0.717, 1.165) is 5.56 Å². The maximum Gasteiger partial charge on any atom is 0.351 e. The summed E-state index contributed by atoms with van der Waals surface area (Å²) < 4.78 is 0. The highest BCUT2D eigenvalue weighted by Gasteiger charge is 2.51. The van der Waals surface area contributed by atoms with Crippen molar-refractivity contribution >= 4 is 5.97 Å². The fourth-order valence-electron chi connectivity index (χ4n) is 1.65. The molecule has 0 saturated carbocycles. The first-order valence-electron chi connectivity index (χ1n) is 4.92. The minimum absolute atomic E-state index is 0.386. The molecule has 0 bridgehead atoms. The molecule has 1 saturated heterocycles. The van der Waals surface area contributed by atoms with Crippen molar-refractivity contribution < 1.29 is 24.7 Å². The molecule has 0 radical (unpaired) electrons. The Morgan fingerprint density at radius 2 is 2.12 bits per heavy atom. The van der Waals surface area contributed by atoms with E-state index in [4.69, 9.17) is 5.26 Å². The molecular weight excluding hydrogens is 212 g/mol. The summed E-state index contributed by atoms with van der Waals surface area (Å²) in [6.07, 6.45) is 0.386. The van der Waals surface area contributed by atoms with Gasteiger partial charge in [-0.2, -0.15) is 4.89 Å². The Morgan fingerprint density at radius 1 is 1.44 bits per heavy atom. The first-order chi connectivity index (χ1) is 7.65. The van der Waals surface area contributed by atoms with Gasteiger partial charge in [-0.05, 0) is 18.9 Å². The Kier molecular flexibility index (Phi) is 2.91. The summed E-state index contributed by atoms with van der Waals surface area (Å²) in [5.74, 6) is -2.66. The predicted molar refractivity (Wildman–Crippen MR) is 52.9 cm³/mol. The topological polar surface area (TPSA) is 65.0 Å². The molecule has 5 heteroatoms. The average molecular weight is 224 g/mol. The number of carbonyl (C=O) groups excluding carboxylic acids is 1. The highest BCUT2D eigenvalue weighted by molar-refractivity contribution is 5.74. The van der Waals surface area contributed by atoms with Gasteiger partial charge in [-0.25, -0.2) is 10.1 Å². The number of carbonyl (C=O) groups is 1. The molecule has 2 atom stereocenters. The molecule has 0 aromatic heterocycles. The third kappa shape index (κ3) is 1.92. The van der Waals surface area contributed by atoms with Crippen LogP contribution in [0.15, 0.2) is 30.3 Å². The molecule has 1 aliphatic heterocycles. The van der Waals surface area contributed by atoms with Crippen LogP contribution in [0.5, 0.6) is 0 Å². The van der Waals surface area contributed by atoms with Crippen molar-refractivity contribution in [3.05, 3.63) is 35.9 Å². The van der Waals surface area contributed by atoms with Gasteiger partial charge in [0.15, 0.2) is 0 Å². The smallest absolute Gasteiger partial charge is 0.295 e. The first-order valence-corrected chi connectivity index (χ1v) is 4.92. The molecule has 86 valence electrons. The molecule has 16 heavy (non-hydrogen) atoms. The van der Waals surface area contributed by atoms with E-state index < -0.39 is 17.7 Å². The predicted octanol–water partition coefficient (Wildman–Crippen LogP) is 1.54. The molecular formula is C11H12O5. The van der Waals surface area contributed by atoms with Crippen LogP contribution in [0.4, 0.5) is 0 Å². The van der Waals surface area contributed by atoms with E-state index in [9.17, 15) is 4.79 Å². The van der Waals surface area contributed by atoms with Crippen molar-refractivity contribution in [1.29, 1.82) is 0 Å². The lowest BCUT2D eigenvalue weighted by Crippen LogP contribution is -2.37. The van der Waals surface area contributed by atoms with Crippen LogP contribution in [0.1, 0.15) is 12.5 Å². The van der Waals surface area contributed by atoms with Gasteiger partial charge in [0.25, 0.3) is 5.79 Å². The van der Waals surface area contributed by atoms with Crippen molar-refractivity contribution in [3.8, 4) is 0 Å². The summed E-state index contributed by atoms with van der Waals surface area (Å²) >= 11 is 0. The highest BCUT2D eigenvalue weighted by atomic mass is 17.3. The SMILES string of the molecule is C[C@@]1(OO)OOC(=O)[C@@H]1Cc1ccccc1. The lowest BCUT2D eigenvalue weighted by atomic mass is 9.93. The number of hydrogen-bond acceptors (Lipinski definition) is 5. The van der Waals surface area contributed by atoms with Crippen molar-refractivity contribution in [2.75, 3.05) is 0 Å². The largest absolute Gasteiger partial charge is 0.351 e. The molecule has 0 aliphatic carbocycles. The van der Waals surface area contributed by atoms with E-state index in [-0.39, 0.29) is 0 Å². The van der Waals surface area contributed by atoms with E-state index in [1.54, 1.807) is 0 Å². The molecule has 0 unspecified atom stereocenters. The van der Waals surface area contributed by atoms with Gasteiger partial charge in [-0.3, -0.25) is 4.89 Å². The van der Waals surface area contributed by atoms with Crippen molar-refractivity contribution in [3.63, 3.8) is 0 Å². The second kappa shape index (κ2) is 4.21. The molecule has 1 N–H and O–H groups in total. The lowest BCUT2D eigenvalue weighted by Gasteiger charge is -2.20. The van der Waals surface area contributed by atoms with Crippen LogP contribution >= 0.6 is 0 Å². The molecule has 1 fully saturated rings. The van der Waals surface area contributed by atoms with Crippen LogP contribution in [-0.2, 0) is 25.9 Å². The normalized spacial score (nSPS) is 29.1. The Labute approximate surface area is 92.4 Å². The van der Waals surface area contributed by atoms with Crippen LogP contribution in [0, 0.1) is 5.92 Å². The monoisotopic (exact) mass is 224 g/mol. The van der Waals surface area contributed by atoms with E-state index in [1.807, 2.05) is 30.3 Å². The summed E-state index contributed by atoms with van der Waals surface area (Å²) in [7, 11) is 0. The van der Waals surface area contributed by atoms with Gasteiger partial charge >= 0.3 is 5.97 Å². The summed E-state index contributed by atoms with van der Waals surface area (Å²) in [6, 6.07) is 9.38. The number of hydrogen-bond donors (Lipinski definition) is 1. The second-order valence-corrected chi connectivity index (χ2v) is 3.84. The van der Waals surface area contributed by atoms with Gasteiger partial charge < -0.3 is 0 Å². The third-order valence-corrected chi connectivity index (χ3v) is 2.67. The van der Waals surface area contributed by atoms with Crippen LogP contribution in [0.3, 0.4) is 0 Å². The van der Waals surface area contributed by atoms with E-state index >= 15 is 0 Å². The van der Waals surface area contributed by atoms with Crippen LogP contribution in [-0.4, -0.2) is 17.0 Å². The quantitative estimate of drug-likeness (QED) is 0.623. The summed E-state index contributed by atoms with van der Waals surface area (Å²) in [5, 5.41) is 8.73. The van der Waals surface area contributed by atoms with Gasteiger partial charge in [0.05, 0.1) is 0 Å². The van der Waals surface area contributed by atoms with Crippen molar-refractivity contribution in [1.82, 2.24) is 0 Å². The van der Waals surface area contributed by atoms with Crippen molar-refractivity contribution in [2.45, 2.75) is 19.1 Å². The number of rotatable bonds is 3. The zero-order valence-electron chi connectivity index (χ0n) is 8.75. The fourth-order valence-corrected chi connectivity index (χ4v) is 1.65. The average Bonchev–Trinajstić information content (AvgIpc) is 2.60. The molecule has 0 amide bonds. The minimum Gasteiger partial charge on any atom is -0.295 e. The van der Waals surface area contributed by atoms with Crippen molar-refractivity contribution in [2.24, 2.45) is 5.92 Å². The maximum atomic E-state index is 11.4. The molecule has 0 spiro atoms.